The van der Waals surface area contributed by atoms with Gasteiger partial charge in [0.1, 0.15) is 5.75 Å². The topological polar surface area (TPSA) is 73.6 Å². The third-order valence-corrected chi connectivity index (χ3v) is 2.35. The van der Waals surface area contributed by atoms with Crippen LogP contribution in [-0.2, 0) is 16.1 Å². The lowest BCUT2D eigenvalue weighted by molar-refractivity contribution is -0.118. The van der Waals surface area contributed by atoms with Gasteiger partial charge in [-0.2, -0.15) is 0 Å². The molecule has 5 nitrogen and oxygen atoms in total. The summed E-state index contributed by atoms with van der Waals surface area (Å²) in [5, 5.41) is 3.25. The summed E-state index contributed by atoms with van der Waals surface area (Å²) in [5.74, 6) is 0.394. The van der Waals surface area contributed by atoms with Crippen molar-refractivity contribution >= 4 is 5.91 Å². The van der Waals surface area contributed by atoms with Crippen molar-refractivity contribution in [3.05, 3.63) is 29.8 Å². The molecule has 0 saturated heterocycles. The molecular weight excluding hydrogens is 232 g/mol. The van der Waals surface area contributed by atoms with Crippen molar-refractivity contribution < 1.29 is 14.3 Å². The number of carbonyl (C=O) groups is 1. The second-order valence-corrected chi connectivity index (χ2v) is 3.88. The van der Waals surface area contributed by atoms with Crippen molar-refractivity contribution in [2.75, 3.05) is 26.9 Å². The number of amides is 1. The fourth-order valence-corrected chi connectivity index (χ4v) is 1.38. The van der Waals surface area contributed by atoms with Gasteiger partial charge in [0.05, 0.1) is 19.6 Å². The predicted octanol–water partition coefficient (Wildman–Crippen LogP) is 0.677. The molecular formula is C13H20N2O3. The Balaban J connectivity index is 2.26. The van der Waals surface area contributed by atoms with Gasteiger partial charge in [-0.3, -0.25) is 4.79 Å². The van der Waals surface area contributed by atoms with Crippen LogP contribution in [0.4, 0.5) is 0 Å². The normalized spacial score (nSPS) is 10.3. The lowest BCUT2D eigenvalue weighted by atomic mass is 10.2. The number of primary amides is 1. The minimum absolute atomic E-state index is 0.236. The average molecular weight is 252 g/mol. The Hall–Kier alpha value is -1.59. The molecule has 0 radical (unpaired) electrons. The van der Waals surface area contributed by atoms with Crippen LogP contribution in [0, 0.1) is 0 Å². The van der Waals surface area contributed by atoms with Crippen molar-refractivity contribution in [2.45, 2.75) is 13.0 Å². The molecule has 0 atom stereocenters. The molecule has 18 heavy (non-hydrogen) atoms. The quantitative estimate of drug-likeness (QED) is 0.634. The largest absolute Gasteiger partial charge is 0.493 e. The molecule has 0 aliphatic rings. The van der Waals surface area contributed by atoms with Gasteiger partial charge in [0.25, 0.3) is 0 Å². The molecule has 1 aromatic rings. The van der Waals surface area contributed by atoms with Crippen molar-refractivity contribution in [2.24, 2.45) is 5.73 Å². The number of methoxy groups -OCH3 is 1. The lowest BCUT2D eigenvalue weighted by Crippen LogP contribution is -2.18. The zero-order valence-electron chi connectivity index (χ0n) is 10.6. The van der Waals surface area contributed by atoms with Crippen molar-refractivity contribution in [1.29, 1.82) is 0 Å². The first-order valence-electron chi connectivity index (χ1n) is 5.92. The highest BCUT2D eigenvalue weighted by molar-refractivity contribution is 5.73. The lowest BCUT2D eigenvalue weighted by Gasteiger charge is -2.07. The molecule has 5 heteroatoms. The number of rotatable bonds is 9. The molecule has 0 saturated carbocycles. The van der Waals surface area contributed by atoms with Gasteiger partial charge in [0.2, 0.25) is 5.91 Å². The Morgan fingerprint density at radius 1 is 1.28 bits per heavy atom. The highest BCUT2D eigenvalue weighted by Gasteiger charge is 1.98. The van der Waals surface area contributed by atoms with E-state index in [0.29, 0.717) is 13.2 Å². The molecule has 1 amide bonds. The van der Waals surface area contributed by atoms with Crippen LogP contribution in [0.1, 0.15) is 12.0 Å². The highest BCUT2D eigenvalue weighted by atomic mass is 16.5. The summed E-state index contributed by atoms with van der Waals surface area (Å²) >= 11 is 0. The van der Waals surface area contributed by atoms with Crippen LogP contribution in [0.15, 0.2) is 24.3 Å². The van der Waals surface area contributed by atoms with E-state index in [2.05, 4.69) is 5.32 Å². The number of ether oxygens (including phenoxy) is 2. The van der Waals surface area contributed by atoms with Crippen molar-refractivity contribution in [1.82, 2.24) is 5.32 Å². The predicted molar refractivity (Wildman–Crippen MR) is 69.3 cm³/mol. The number of hydrogen-bond acceptors (Lipinski definition) is 4. The van der Waals surface area contributed by atoms with Crippen LogP contribution < -0.4 is 15.8 Å². The third-order valence-electron chi connectivity index (χ3n) is 2.35. The number of carbonyl (C=O) groups excluding carboxylic acids is 1. The van der Waals surface area contributed by atoms with E-state index in [-0.39, 0.29) is 12.3 Å². The second-order valence-electron chi connectivity index (χ2n) is 3.88. The maximum Gasteiger partial charge on any atom is 0.220 e. The van der Waals surface area contributed by atoms with Crippen LogP contribution >= 0.6 is 0 Å². The van der Waals surface area contributed by atoms with Gasteiger partial charge in [0, 0.05) is 20.2 Å². The Bertz CT molecular complexity index is 352. The van der Waals surface area contributed by atoms with E-state index in [1.54, 1.807) is 7.11 Å². The molecule has 1 rings (SSSR count). The Morgan fingerprint density at radius 3 is 2.61 bits per heavy atom. The molecule has 0 spiro atoms. The van der Waals surface area contributed by atoms with Crippen LogP contribution in [-0.4, -0.2) is 32.8 Å². The summed E-state index contributed by atoms with van der Waals surface area (Å²) in [6, 6.07) is 7.74. The second kappa shape index (κ2) is 8.49. The zero-order valence-corrected chi connectivity index (χ0v) is 10.6. The molecule has 0 unspecified atom stereocenters. The molecule has 0 aliphatic carbocycles. The summed E-state index contributed by atoms with van der Waals surface area (Å²) in [6.45, 7) is 2.65. The smallest absolute Gasteiger partial charge is 0.220 e. The molecule has 0 fully saturated rings. The fraction of sp³-hybridized carbons (Fsp3) is 0.462. The zero-order chi connectivity index (χ0) is 13.2. The van der Waals surface area contributed by atoms with E-state index < -0.39 is 0 Å². The summed E-state index contributed by atoms with van der Waals surface area (Å²) < 4.78 is 10.3. The Kier molecular flexibility index (Phi) is 6.83. The van der Waals surface area contributed by atoms with Crippen molar-refractivity contribution in [3.8, 4) is 5.75 Å². The monoisotopic (exact) mass is 252 g/mol. The van der Waals surface area contributed by atoms with Crippen LogP contribution in [0.2, 0.25) is 0 Å². The van der Waals surface area contributed by atoms with Gasteiger partial charge in [-0.25, -0.2) is 0 Å². The van der Waals surface area contributed by atoms with E-state index in [4.69, 9.17) is 15.2 Å². The first-order valence-corrected chi connectivity index (χ1v) is 5.92. The Labute approximate surface area is 107 Å². The van der Waals surface area contributed by atoms with E-state index >= 15 is 0 Å². The van der Waals surface area contributed by atoms with Gasteiger partial charge in [-0.1, -0.05) is 12.1 Å². The first-order chi connectivity index (χ1) is 8.72. The summed E-state index contributed by atoms with van der Waals surface area (Å²) in [7, 11) is 1.68. The number of nitrogens with two attached hydrogens (primary N) is 1. The van der Waals surface area contributed by atoms with Crippen LogP contribution in [0.5, 0.6) is 5.75 Å². The van der Waals surface area contributed by atoms with Gasteiger partial charge in [0.15, 0.2) is 0 Å². The number of hydrogen-bond donors (Lipinski definition) is 2. The van der Waals surface area contributed by atoms with E-state index in [0.717, 1.165) is 18.8 Å². The van der Waals surface area contributed by atoms with Gasteiger partial charge >= 0.3 is 0 Å². The van der Waals surface area contributed by atoms with Gasteiger partial charge in [-0.05, 0) is 17.7 Å². The SMILES string of the molecule is COCCNCc1ccc(OCCC(N)=O)cc1. The molecule has 0 heterocycles. The summed E-state index contributed by atoms with van der Waals surface area (Å²) in [4.78, 5) is 10.5. The van der Waals surface area contributed by atoms with Gasteiger partial charge in [-0.15, -0.1) is 0 Å². The summed E-state index contributed by atoms with van der Waals surface area (Å²) in [6.07, 6.45) is 0.236. The van der Waals surface area contributed by atoms with E-state index in [9.17, 15) is 4.79 Å². The highest BCUT2D eigenvalue weighted by Crippen LogP contribution is 2.12. The molecule has 0 aliphatic heterocycles. The third kappa shape index (κ3) is 6.22. The molecule has 0 bridgehead atoms. The molecule has 0 aromatic heterocycles. The van der Waals surface area contributed by atoms with Crippen LogP contribution in [0.3, 0.4) is 0 Å². The first kappa shape index (κ1) is 14.5. The fourth-order valence-electron chi connectivity index (χ4n) is 1.38. The van der Waals surface area contributed by atoms with E-state index in [1.165, 1.54) is 5.56 Å². The molecule has 3 N–H and O–H groups in total. The standard InChI is InChI=1S/C13H20N2O3/c1-17-9-7-15-10-11-2-4-12(5-3-11)18-8-6-13(14)16/h2-5,15H,6-10H2,1H3,(H2,14,16). The maximum atomic E-state index is 10.5. The minimum atomic E-state index is -0.353. The average Bonchev–Trinajstić information content (AvgIpc) is 2.36. The summed E-state index contributed by atoms with van der Waals surface area (Å²) in [5.41, 5.74) is 6.20. The molecule has 100 valence electrons. The minimum Gasteiger partial charge on any atom is -0.493 e. The molecule has 1 aromatic carbocycles. The number of benzene rings is 1. The van der Waals surface area contributed by atoms with Crippen molar-refractivity contribution in [3.63, 3.8) is 0 Å². The maximum absolute atomic E-state index is 10.5. The van der Waals surface area contributed by atoms with E-state index in [1.807, 2.05) is 24.3 Å². The number of nitrogens with one attached hydrogen (secondary N) is 1. The van der Waals surface area contributed by atoms with Gasteiger partial charge < -0.3 is 20.5 Å². The van der Waals surface area contributed by atoms with Crippen LogP contribution in [0.25, 0.3) is 0 Å². The Morgan fingerprint density at radius 2 is 2.00 bits per heavy atom.